The van der Waals surface area contributed by atoms with Crippen LogP contribution in [0.25, 0.3) is 0 Å². The van der Waals surface area contributed by atoms with Crippen molar-refractivity contribution in [3.63, 3.8) is 0 Å². The van der Waals surface area contributed by atoms with Gasteiger partial charge in [-0.1, -0.05) is 60.8 Å². The third kappa shape index (κ3) is 12.8. The summed E-state index contributed by atoms with van der Waals surface area (Å²) in [5, 5.41) is 0. The van der Waals surface area contributed by atoms with Crippen molar-refractivity contribution in [3.8, 4) is 0 Å². The molecule has 0 unspecified atom stereocenters. The summed E-state index contributed by atoms with van der Waals surface area (Å²) in [4.78, 5) is 0. The predicted molar refractivity (Wildman–Crippen MR) is 70.8 cm³/mol. The molecule has 0 saturated heterocycles. The van der Waals surface area contributed by atoms with E-state index in [2.05, 4.69) is 32.7 Å². The van der Waals surface area contributed by atoms with Gasteiger partial charge in [0.05, 0.1) is 0 Å². The molecule has 0 fully saturated rings. The molecule has 0 amide bonds. The first kappa shape index (κ1) is 13.8. The summed E-state index contributed by atoms with van der Waals surface area (Å²) in [6, 6.07) is 0. The molecular weight excluding hydrogens is 294 g/mol. The van der Waals surface area contributed by atoms with Crippen LogP contribution in [0.2, 0.25) is 0 Å². The number of hydrogen-bond acceptors (Lipinski definition) is 0. The SMILES string of the molecule is ClCCCCCCCCC/C=C/I. The summed E-state index contributed by atoms with van der Waals surface area (Å²) >= 11 is 7.87. The fraction of sp³-hybridized carbons (Fsp3) is 0.818. The molecule has 0 spiro atoms. The molecule has 0 rings (SSSR count). The third-order valence-electron chi connectivity index (χ3n) is 2.09. The van der Waals surface area contributed by atoms with E-state index < -0.39 is 0 Å². The normalized spacial score (nSPS) is 11.2. The second kappa shape index (κ2) is 12.8. The fourth-order valence-electron chi connectivity index (χ4n) is 1.30. The highest BCUT2D eigenvalue weighted by Crippen LogP contribution is 2.09. The molecule has 0 aliphatic heterocycles. The minimum Gasteiger partial charge on any atom is -0.127 e. The second-order valence-corrected chi connectivity index (χ2v) is 4.41. The second-order valence-electron chi connectivity index (χ2n) is 3.31. The van der Waals surface area contributed by atoms with Crippen LogP contribution in [-0.2, 0) is 0 Å². The maximum Gasteiger partial charge on any atom is 0.0223 e. The molecule has 78 valence electrons. The number of allylic oxidation sites excluding steroid dienone is 1. The molecule has 0 radical (unpaired) electrons. The van der Waals surface area contributed by atoms with Gasteiger partial charge in [-0.05, 0) is 23.3 Å². The first-order valence-corrected chi connectivity index (χ1v) is 7.01. The van der Waals surface area contributed by atoms with E-state index in [4.69, 9.17) is 11.6 Å². The van der Waals surface area contributed by atoms with E-state index >= 15 is 0 Å². The summed E-state index contributed by atoms with van der Waals surface area (Å²) in [7, 11) is 0. The van der Waals surface area contributed by atoms with Crippen LogP contribution in [0.4, 0.5) is 0 Å². The molecule has 0 aromatic rings. The number of alkyl halides is 1. The van der Waals surface area contributed by atoms with E-state index in [0.717, 1.165) is 5.88 Å². The topological polar surface area (TPSA) is 0 Å². The van der Waals surface area contributed by atoms with Crippen molar-refractivity contribution in [2.75, 3.05) is 5.88 Å². The summed E-state index contributed by atoms with van der Waals surface area (Å²) in [5.41, 5.74) is 0. The number of rotatable bonds is 9. The highest BCUT2D eigenvalue weighted by molar-refractivity contribution is 14.1. The molecule has 0 aliphatic carbocycles. The van der Waals surface area contributed by atoms with Crippen molar-refractivity contribution in [3.05, 3.63) is 10.2 Å². The largest absolute Gasteiger partial charge is 0.127 e. The van der Waals surface area contributed by atoms with Gasteiger partial charge < -0.3 is 0 Å². The Morgan fingerprint density at radius 2 is 1.38 bits per heavy atom. The van der Waals surface area contributed by atoms with Gasteiger partial charge in [0.25, 0.3) is 0 Å². The lowest BCUT2D eigenvalue weighted by atomic mass is 10.1. The van der Waals surface area contributed by atoms with Gasteiger partial charge in [0.15, 0.2) is 0 Å². The Hall–Kier alpha value is 0.760. The molecule has 0 aromatic carbocycles. The predicted octanol–water partition coefficient (Wildman–Crippen LogP) is 5.29. The standard InChI is InChI=1S/C11H20ClI/c12-10-8-6-4-2-1-3-5-7-9-11-13/h9,11H,1-8,10H2/b11-9+. The lowest BCUT2D eigenvalue weighted by molar-refractivity contribution is 0.593. The number of hydrogen-bond donors (Lipinski definition) is 0. The van der Waals surface area contributed by atoms with Crippen LogP contribution in [0.3, 0.4) is 0 Å². The average molecular weight is 315 g/mol. The third-order valence-corrected chi connectivity index (χ3v) is 2.87. The van der Waals surface area contributed by atoms with Crippen LogP contribution in [0.15, 0.2) is 10.2 Å². The van der Waals surface area contributed by atoms with Crippen molar-refractivity contribution in [1.82, 2.24) is 0 Å². The van der Waals surface area contributed by atoms with Crippen LogP contribution in [0.1, 0.15) is 51.4 Å². The molecular formula is C11H20ClI. The van der Waals surface area contributed by atoms with Gasteiger partial charge in [0.2, 0.25) is 0 Å². The minimum absolute atomic E-state index is 0.834. The Kier molecular flexibility index (Phi) is 13.5. The van der Waals surface area contributed by atoms with Gasteiger partial charge >= 0.3 is 0 Å². The molecule has 0 aromatic heterocycles. The highest BCUT2D eigenvalue weighted by atomic mass is 127. The van der Waals surface area contributed by atoms with E-state index in [9.17, 15) is 0 Å². The monoisotopic (exact) mass is 314 g/mol. The minimum atomic E-state index is 0.834. The van der Waals surface area contributed by atoms with Crippen molar-refractivity contribution in [2.45, 2.75) is 51.4 Å². The number of unbranched alkanes of at least 4 members (excludes halogenated alkanes) is 7. The Labute approximate surface area is 101 Å². The quantitative estimate of drug-likeness (QED) is 0.308. The van der Waals surface area contributed by atoms with E-state index in [1.165, 1.54) is 51.4 Å². The van der Waals surface area contributed by atoms with Crippen LogP contribution >= 0.6 is 34.2 Å². The van der Waals surface area contributed by atoms with E-state index in [1.54, 1.807) is 0 Å². The maximum absolute atomic E-state index is 5.59. The first-order valence-electron chi connectivity index (χ1n) is 5.23. The Morgan fingerprint density at radius 3 is 1.92 bits per heavy atom. The Morgan fingerprint density at radius 1 is 0.846 bits per heavy atom. The molecule has 2 heteroatoms. The Bertz CT molecular complexity index is 113. The number of halogens is 2. The van der Waals surface area contributed by atoms with Crippen molar-refractivity contribution in [2.24, 2.45) is 0 Å². The fourth-order valence-corrected chi connectivity index (χ4v) is 1.85. The summed E-state index contributed by atoms with van der Waals surface area (Å²) in [5.74, 6) is 0.834. The van der Waals surface area contributed by atoms with Gasteiger partial charge in [0.1, 0.15) is 0 Å². The van der Waals surface area contributed by atoms with Gasteiger partial charge in [0, 0.05) is 5.88 Å². The van der Waals surface area contributed by atoms with Crippen LogP contribution < -0.4 is 0 Å². The molecule has 13 heavy (non-hydrogen) atoms. The summed E-state index contributed by atoms with van der Waals surface area (Å²) in [6.45, 7) is 0. The van der Waals surface area contributed by atoms with Crippen molar-refractivity contribution >= 4 is 34.2 Å². The van der Waals surface area contributed by atoms with Gasteiger partial charge in [-0.3, -0.25) is 0 Å². The van der Waals surface area contributed by atoms with Crippen molar-refractivity contribution < 1.29 is 0 Å². The van der Waals surface area contributed by atoms with Crippen LogP contribution in [0.5, 0.6) is 0 Å². The van der Waals surface area contributed by atoms with Crippen LogP contribution in [-0.4, -0.2) is 5.88 Å². The molecule has 0 N–H and O–H groups in total. The summed E-state index contributed by atoms with van der Waals surface area (Å²) in [6.07, 6.45) is 12.9. The zero-order valence-corrected chi connectivity index (χ0v) is 11.2. The summed E-state index contributed by atoms with van der Waals surface area (Å²) < 4.78 is 2.11. The van der Waals surface area contributed by atoms with Gasteiger partial charge in [-0.15, -0.1) is 11.6 Å². The smallest absolute Gasteiger partial charge is 0.0223 e. The van der Waals surface area contributed by atoms with E-state index in [1.807, 2.05) is 0 Å². The van der Waals surface area contributed by atoms with Crippen LogP contribution in [0, 0.1) is 0 Å². The zero-order chi connectivity index (χ0) is 9.78. The lowest BCUT2D eigenvalue weighted by Gasteiger charge is -1.99. The molecule has 0 bridgehead atoms. The molecule has 0 nitrogen and oxygen atoms in total. The van der Waals surface area contributed by atoms with Gasteiger partial charge in [-0.25, -0.2) is 0 Å². The molecule has 0 aliphatic rings. The molecule has 0 saturated carbocycles. The van der Waals surface area contributed by atoms with E-state index in [-0.39, 0.29) is 0 Å². The maximum atomic E-state index is 5.59. The van der Waals surface area contributed by atoms with E-state index in [0.29, 0.717) is 0 Å². The average Bonchev–Trinajstić information content (AvgIpc) is 2.16. The van der Waals surface area contributed by atoms with Gasteiger partial charge in [-0.2, -0.15) is 0 Å². The van der Waals surface area contributed by atoms with Crippen molar-refractivity contribution in [1.29, 1.82) is 0 Å². The first-order chi connectivity index (χ1) is 6.41. The molecule has 0 heterocycles. The Balaban J connectivity index is 2.83. The molecule has 0 atom stereocenters. The highest BCUT2D eigenvalue weighted by Gasteiger charge is 1.90. The lowest BCUT2D eigenvalue weighted by Crippen LogP contribution is -1.80. The zero-order valence-electron chi connectivity index (χ0n) is 8.27.